The average molecular weight is 410 g/mol. The first-order valence-corrected chi connectivity index (χ1v) is 9.96. The van der Waals surface area contributed by atoms with Crippen LogP contribution in [0.4, 0.5) is 0 Å². The maximum absolute atomic E-state index is 13.0. The van der Waals surface area contributed by atoms with Gasteiger partial charge in [0.25, 0.3) is 5.91 Å². The molecule has 0 saturated carbocycles. The normalized spacial score (nSPS) is 20.5. The molecular formula is C22H24N3O5+. The van der Waals surface area contributed by atoms with Crippen LogP contribution in [0.25, 0.3) is 6.08 Å². The number of ether oxygens (including phenoxy) is 1. The van der Waals surface area contributed by atoms with E-state index in [1.54, 1.807) is 41.6 Å². The summed E-state index contributed by atoms with van der Waals surface area (Å²) in [6.07, 6.45) is 7.58. The molecule has 0 spiro atoms. The molecule has 0 bridgehead atoms. The first-order valence-electron chi connectivity index (χ1n) is 9.96. The topological polar surface area (TPSA) is 97.3 Å². The SMILES string of the molecule is O=C(/C=C/c1ccco1)C1=C(O)C(=O)N(CC[NH+]2CCOCC2)[C@@H]1c1ccncc1. The van der Waals surface area contributed by atoms with Crippen molar-refractivity contribution in [1.29, 1.82) is 0 Å². The maximum Gasteiger partial charge on any atom is 0.290 e. The number of rotatable bonds is 7. The number of pyridine rings is 1. The van der Waals surface area contributed by atoms with E-state index in [2.05, 4.69) is 4.98 Å². The molecule has 4 heterocycles. The number of morpholine rings is 1. The van der Waals surface area contributed by atoms with Crippen molar-refractivity contribution >= 4 is 17.8 Å². The number of hydrogen-bond acceptors (Lipinski definition) is 6. The van der Waals surface area contributed by atoms with E-state index in [9.17, 15) is 14.7 Å². The van der Waals surface area contributed by atoms with Crippen LogP contribution in [0.2, 0.25) is 0 Å². The van der Waals surface area contributed by atoms with Gasteiger partial charge in [-0.2, -0.15) is 0 Å². The van der Waals surface area contributed by atoms with Crippen LogP contribution in [0, 0.1) is 0 Å². The Morgan fingerprint density at radius 2 is 2.03 bits per heavy atom. The number of carbonyl (C=O) groups excluding carboxylic acids is 2. The first-order chi connectivity index (χ1) is 14.6. The maximum atomic E-state index is 13.0. The summed E-state index contributed by atoms with van der Waals surface area (Å²) in [5.74, 6) is -0.941. The van der Waals surface area contributed by atoms with Gasteiger partial charge in [-0.3, -0.25) is 14.6 Å². The molecule has 2 aromatic rings. The van der Waals surface area contributed by atoms with Crippen molar-refractivity contribution in [3.63, 3.8) is 0 Å². The number of aliphatic hydroxyl groups is 1. The van der Waals surface area contributed by atoms with Crippen molar-refractivity contribution in [2.45, 2.75) is 6.04 Å². The number of amides is 1. The zero-order valence-corrected chi connectivity index (χ0v) is 16.5. The summed E-state index contributed by atoms with van der Waals surface area (Å²) >= 11 is 0. The van der Waals surface area contributed by atoms with Gasteiger partial charge in [-0.1, -0.05) is 0 Å². The smallest absolute Gasteiger partial charge is 0.290 e. The van der Waals surface area contributed by atoms with Gasteiger partial charge in [-0.15, -0.1) is 0 Å². The van der Waals surface area contributed by atoms with E-state index in [4.69, 9.17) is 9.15 Å². The monoisotopic (exact) mass is 410 g/mol. The number of nitrogens with one attached hydrogen (secondary N) is 1. The minimum Gasteiger partial charge on any atom is -0.503 e. The second kappa shape index (κ2) is 9.06. The Labute approximate surface area is 174 Å². The molecule has 30 heavy (non-hydrogen) atoms. The van der Waals surface area contributed by atoms with Gasteiger partial charge in [0.2, 0.25) is 0 Å². The Balaban J connectivity index is 1.59. The van der Waals surface area contributed by atoms with E-state index in [0.29, 0.717) is 32.1 Å². The highest BCUT2D eigenvalue weighted by Crippen LogP contribution is 2.37. The van der Waals surface area contributed by atoms with Gasteiger partial charge in [0.15, 0.2) is 11.5 Å². The van der Waals surface area contributed by atoms with Gasteiger partial charge >= 0.3 is 0 Å². The third-order valence-corrected chi connectivity index (χ3v) is 5.44. The molecule has 2 aliphatic rings. The van der Waals surface area contributed by atoms with Gasteiger partial charge in [0.05, 0.1) is 44.2 Å². The second-order valence-electron chi connectivity index (χ2n) is 7.27. The molecule has 2 aromatic heterocycles. The number of quaternary nitrogens is 1. The van der Waals surface area contributed by atoms with Crippen LogP contribution in [0.1, 0.15) is 17.4 Å². The van der Waals surface area contributed by atoms with Crippen LogP contribution in [0.3, 0.4) is 0 Å². The highest BCUT2D eigenvalue weighted by Gasteiger charge is 2.43. The Kier molecular flexibility index (Phi) is 6.06. The highest BCUT2D eigenvalue weighted by atomic mass is 16.5. The van der Waals surface area contributed by atoms with Crippen molar-refractivity contribution in [1.82, 2.24) is 9.88 Å². The summed E-state index contributed by atoms with van der Waals surface area (Å²) < 4.78 is 10.6. The molecule has 2 N–H and O–H groups in total. The molecule has 1 saturated heterocycles. The number of aliphatic hydroxyl groups excluding tert-OH is 1. The van der Waals surface area contributed by atoms with E-state index in [1.807, 2.05) is 0 Å². The van der Waals surface area contributed by atoms with Gasteiger partial charge in [0.1, 0.15) is 18.8 Å². The number of allylic oxidation sites excluding steroid dienone is 1. The van der Waals surface area contributed by atoms with Gasteiger partial charge < -0.3 is 24.1 Å². The first kappa shape index (κ1) is 20.1. The molecule has 0 aromatic carbocycles. The Hall–Kier alpha value is -3.23. The van der Waals surface area contributed by atoms with Crippen LogP contribution in [-0.2, 0) is 14.3 Å². The standard InChI is InChI=1S/C22H23N3O5/c26-18(4-3-17-2-1-13-30-17)19-20(16-5-7-23-8-6-16)25(22(28)21(19)27)10-9-24-11-14-29-15-12-24/h1-8,13,20,27H,9-12,14-15H2/p+1/b4-3+/t20-/m1/s1. The zero-order valence-electron chi connectivity index (χ0n) is 16.5. The van der Waals surface area contributed by atoms with E-state index < -0.39 is 23.5 Å². The molecule has 156 valence electrons. The van der Waals surface area contributed by atoms with Crippen LogP contribution in [0.15, 0.2) is 64.7 Å². The summed E-state index contributed by atoms with van der Waals surface area (Å²) in [5, 5.41) is 10.6. The van der Waals surface area contributed by atoms with Crippen LogP contribution < -0.4 is 4.90 Å². The number of ketones is 1. The molecule has 1 fully saturated rings. The molecule has 0 aliphatic carbocycles. The summed E-state index contributed by atoms with van der Waals surface area (Å²) in [5.41, 5.74) is 0.806. The summed E-state index contributed by atoms with van der Waals surface area (Å²) in [6, 6.07) is 6.30. The predicted octanol–water partition coefficient (Wildman–Crippen LogP) is 0.568. The minimum atomic E-state index is -0.658. The number of carbonyl (C=O) groups is 2. The number of aromatic nitrogens is 1. The lowest BCUT2D eigenvalue weighted by Gasteiger charge is -2.29. The molecule has 0 unspecified atom stereocenters. The minimum absolute atomic E-state index is 0.0750. The molecule has 1 atom stereocenters. The largest absolute Gasteiger partial charge is 0.503 e. The van der Waals surface area contributed by atoms with E-state index in [-0.39, 0.29) is 5.57 Å². The van der Waals surface area contributed by atoms with Gasteiger partial charge in [-0.25, -0.2) is 0 Å². The third kappa shape index (κ3) is 4.19. The molecule has 4 rings (SSSR count). The summed E-state index contributed by atoms with van der Waals surface area (Å²) in [7, 11) is 0. The predicted molar refractivity (Wildman–Crippen MR) is 107 cm³/mol. The fraction of sp³-hybridized carbons (Fsp3) is 0.318. The summed E-state index contributed by atoms with van der Waals surface area (Å²) in [4.78, 5) is 32.8. The fourth-order valence-corrected chi connectivity index (χ4v) is 3.85. The number of hydrogen-bond donors (Lipinski definition) is 2. The van der Waals surface area contributed by atoms with Crippen molar-refractivity contribution < 1.29 is 28.7 Å². The van der Waals surface area contributed by atoms with E-state index in [1.165, 1.54) is 23.3 Å². The van der Waals surface area contributed by atoms with Crippen molar-refractivity contribution in [3.05, 3.63) is 71.7 Å². The van der Waals surface area contributed by atoms with Gasteiger partial charge in [-0.05, 0) is 42.0 Å². The Bertz CT molecular complexity index is 946. The quantitative estimate of drug-likeness (QED) is 0.648. The lowest BCUT2D eigenvalue weighted by Crippen LogP contribution is -3.14. The van der Waals surface area contributed by atoms with Crippen LogP contribution >= 0.6 is 0 Å². The molecular weight excluding hydrogens is 386 g/mol. The van der Waals surface area contributed by atoms with E-state index in [0.717, 1.165) is 18.7 Å². The molecule has 8 heteroatoms. The second-order valence-corrected chi connectivity index (χ2v) is 7.27. The van der Waals surface area contributed by atoms with Crippen molar-refractivity contribution in [2.24, 2.45) is 0 Å². The number of nitrogens with zero attached hydrogens (tertiary/aromatic N) is 2. The Morgan fingerprint density at radius 1 is 1.27 bits per heavy atom. The number of furan rings is 1. The molecule has 8 nitrogen and oxygen atoms in total. The average Bonchev–Trinajstić information content (AvgIpc) is 3.39. The van der Waals surface area contributed by atoms with Crippen molar-refractivity contribution in [3.8, 4) is 0 Å². The Morgan fingerprint density at radius 3 is 2.73 bits per heavy atom. The van der Waals surface area contributed by atoms with E-state index >= 15 is 0 Å². The third-order valence-electron chi connectivity index (χ3n) is 5.44. The van der Waals surface area contributed by atoms with Gasteiger partial charge in [0, 0.05) is 12.4 Å². The lowest BCUT2D eigenvalue weighted by molar-refractivity contribution is -0.907. The molecule has 2 aliphatic heterocycles. The summed E-state index contributed by atoms with van der Waals surface area (Å²) in [6.45, 7) is 4.28. The zero-order chi connectivity index (χ0) is 20.9. The molecule has 0 radical (unpaired) electrons. The highest BCUT2D eigenvalue weighted by molar-refractivity contribution is 6.14. The van der Waals surface area contributed by atoms with Crippen LogP contribution in [-0.4, -0.2) is 66.1 Å². The molecule has 1 amide bonds. The van der Waals surface area contributed by atoms with Crippen molar-refractivity contribution in [2.75, 3.05) is 39.4 Å². The lowest BCUT2D eigenvalue weighted by atomic mass is 9.96. The fourth-order valence-electron chi connectivity index (χ4n) is 3.85. The van der Waals surface area contributed by atoms with Crippen LogP contribution in [0.5, 0.6) is 0 Å².